The number of thiazole rings is 1. The topological polar surface area (TPSA) is 99.0 Å². The minimum absolute atomic E-state index is 0.232. The molecule has 0 aliphatic heterocycles. The maximum absolute atomic E-state index is 12.4. The molecule has 0 aromatic carbocycles. The zero-order chi connectivity index (χ0) is 21.8. The van der Waals surface area contributed by atoms with E-state index < -0.39 is 0 Å². The van der Waals surface area contributed by atoms with Gasteiger partial charge >= 0.3 is 0 Å². The van der Waals surface area contributed by atoms with E-state index in [1.807, 2.05) is 24.4 Å². The first kappa shape index (κ1) is 20.9. The highest BCUT2D eigenvalue weighted by Gasteiger charge is 2.15. The van der Waals surface area contributed by atoms with E-state index in [9.17, 15) is 9.59 Å². The number of nitrogens with one attached hydrogen (secondary N) is 1. The van der Waals surface area contributed by atoms with Crippen LogP contribution in [0.25, 0.3) is 20.5 Å². The molecule has 4 aromatic heterocycles. The van der Waals surface area contributed by atoms with Gasteiger partial charge in [0.1, 0.15) is 16.3 Å². The molecule has 1 amide bonds. The molecule has 0 radical (unpaired) electrons. The van der Waals surface area contributed by atoms with Crippen molar-refractivity contribution in [2.45, 2.75) is 13.5 Å². The van der Waals surface area contributed by atoms with E-state index in [4.69, 9.17) is 4.74 Å². The summed E-state index contributed by atoms with van der Waals surface area (Å²) < 4.78 is 6.46. The number of carbonyl (C=O) groups excluding carboxylic acids is 1. The van der Waals surface area contributed by atoms with Crippen LogP contribution in [0.4, 0.5) is 0 Å². The second kappa shape index (κ2) is 9.19. The molecule has 0 aliphatic carbocycles. The van der Waals surface area contributed by atoms with Crippen LogP contribution in [0.5, 0.6) is 5.88 Å². The Morgan fingerprint density at radius 2 is 2.10 bits per heavy atom. The van der Waals surface area contributed by atoms with Crippen molar-refractivity contribution >= 4 is 28.6 Å². The van der Waals surface area contributed by atoms with Crippen LogP contribution < -0.4 is 15.6 Å². The molecule has 0 bridgehead atoms. The van der Waals surface area contributed by atoms with E-state index in [-0.39, 0.29) is 30.4 Å². The zero-order valence-corrected chi connectivity index (χ0v) is 18.5. The molecule has 0 unspecified atom stereocenters. The summed E-state index contributed by atoms with van der Waals surface area (Å²) in [6.07, 6.45) is 1.55. The van der Waals surface area contributed by atoms with E-state index in [0.29, 0.717) is 11.3 Å². The first-order valence-corrected chi connectivity index (χ1v) is 11.1. The molecular weight excluding hydrogens is 434 g/mol. The number of aryl methyl sites for hydroxylation is 1. The maximum atomic E-state index is 12.4. The number of aromatic nitrogens is 4. The van der Waals surface area contributed by atoms with Gasteiger partial charge in [-0.05, 0) is 36.6 Å². The van der Waals surface area contributed by atoms with E-state index in [1.165, 1.54) is 17.9 Å². The smallest absolute Gasteiger partial charge is 0.266 e. The van der Waals surface area contributed by atoms with Gasteiger partial charge in [0.2, 0.25) is 5.88 Å². The highest BCUT2D eigenvalue weighted by atomic mass is 32.1. The fraction of sp³-hybridized carbons (Fsp3) is 0.190. The largest absolute Gasteiger partial charge is 0.480 e. The normalized spacial score (nSPS) is 10.8. The molecule has 1 N–H and O–H groups in total. The lowest BCUT2D eigenvalue weighted by Gasteiger charge is -2.09. The van der Waals surface area contributed by atoms with Gasteiger partial charge in [0.05, 0.1) is 29.1 Å². The van der Waals surface area contributed by atoms with Crippen molar-refractivity contribution in [3.8, 4) is 26.3 Å². The van der Waals surface area contributed by atoms with Gasteiger partial charge in [-0.1, -0.05) is 6.07 Å². The third-order valence-electron chi connectivity index (χ3n) is 4.45. The second-order valence-corrected chi connectivity index (χ2v) is 8.45. The number of hydrogen-bond acceptors (Lipinski definition) is 8. The fourth-order valence-corrected chi connectivity index (χ4v) is 4.79. The van der Waals surface area contributed by atoms with Crippen LogP contribution in [0, 0.1) is 6.92 Å². The lowest BCUT2D eigenvalue weighted by Crippen LogP contribution is -2.32. The molecule has 0 saturated heterocycles. The summed E-state index contributed by atoms with van der Waals surface area (Å²) in [4.78, 5) is 35.4. The Balaban J connectivity index is 1.49. The van der Waals surface area contributed by atoms with Crippen LogP contribution in [0.3, 0.4) is 0 Å². The van der Waals surface area contributed by atoms with Crippen molar-refractivity contribution in [2.24, 2.45) is 0 Å². The number of hydrogen-bond donors (Lipinski definition) is 1. The summed E-state index contributed by atoms with van der Waals surface area (Å²) in [6.45, 7) is 2.40. The maximum Gasteiger partial charge on any atom is 0.266 e. The molecule has 8 nitrogen and oxygen atoms in total. The summed E-state index contributed by atoms with van der Waals surface area (Å²) >= 11 is 3.18. The Morgan fingerprint density at radius 3 is 2.87 bits per heavy atom. The molecule has 158 valence electrons. The van der Waals surface area contributed by atoms with Crippen LogP contribution in [0.2, 0.25) is 0 Å². The van der Waals surface area contributed by atoms with Gasteiger partial charge in [0.15, 0.2) is 0 Å². The molecule has 31 heavy (non-hydrogen) atoms. The van der Waals surface area contributed by atoms with Crippen LogP contribution in [-0.4, -0.2) is 39.3 Å². The van der Waals surface area contributed by atoms with E-state index in [1.54, 1.807) is 47.1 Å². The predicted octanol–water partition coefficient (Wildman–Crippen LogP) is 3.24. The Kier molecular flexibility index (Phi) is 6.19. The number of carbonyl (C=O) groups is 1. The van der Waals surface area contributed by atoms with Gasteiger partial charge in [-0.3, -0.25) is 9.59 Å². The van der Waals surface area contributed by atoms with Gasteiger partial charge in [0, 0.05) is 18.8 Å². The molecule has 4 aromatic rings. The second-order valence-electron chi connectivity index (χ2n) is 6.51. The van der Waals surface area contributed by atoms with Crippen molar-refractivity contribution in [3.05, 3.63) is 69.6 Å². The van der Waals surface area contributed by atoms with Gasteiger partial charge < -0.3 is 10.1 Å². The number of nitrogens with zero attached hydrogens (tertiary/aromatic N) is 4. The van der Waals surface area contributed by atoms with Gasteiger partial charge in [0.25, 0.3) is 11.5 Å². The number of pyridine rings is 1. The third kappa shape index (κ3) is 4.54. The van der Waals surface area contributed by atoms with E-state index >= 15 is 0 Å². The highest BCUT2D eigenvalue weighted by molar-refractivity contribution is 7.23. The highest BCUT2D eigenvalue weighted by Crippen LogP contribution is 2.35. The Bertz CT molecular complexity index is 1260. The van der Waals surface area contributed by atoms with Crippen molar-refractivity contribution < 1.29 is 9.53 Å². The van der Waals surface area contributed by atoms with Crippen molar-refractivity contribution in [1.82, 2.24) is 25.1 Å². The van der Waals surface area contributed by atoms with Crippen molar-refractivity contribution in [1.29, 1.82) is 0 Å². The lowest BCUT2D eigenvalue weighted by atomic mass is 10.2. The van der Waals surface area contributed by atoms with E-state index in [2.05, 4.69) is 20.4 Å². The standard InChI is InChI=1S/C21H19N5O3S2/c1-13-18(31-21(24-13)16-6-4-12-30-16)15-7-8-17(27)26(25-15)11-10-22-19(28)14-5-3-9-23-20(14)29-2/h3-9,12H,10-11H2,1-2H3,(H,22,28). The fourth-order valence-electron chi connectivity index (χ4n) is 2.97. The Labute approximate surface area is 186 Å². The molecule has 4 heterocycles. The average Bonchev–Trinajstić information content (AvgIpc) is 3.45. The number of rotatable bonds is 7. The lowest BCUT2D eigenvalue weighted by molar-refractivity contribution is 0.0948. The summed E-state index contributed by atoms with van der Waals surface area (Å²) in [7, 11) is 1.46. The molecule has 0 atom stereocenters. The van der Waals surface area contributed by atoms with Crippen molar-refractivity contribution in [3.63, 3.8) is 0 Å². The zero-order valence-electron chi connectivity index (χ0n) is 16.9. The van der Waals surface area contributed by atoms with Crippen LogP contribution in [-0.2, 0) is 6.54 Å². The molecular formula is C21H19N5O3S2. The van der Waals surface area contributed by atoms with Gasteiger partial charge in [-0.2, -0.15) is 5.10 Å². The predicted molar refractivity (Wildman–Crippen MR) is 121 cm³/mol. The Morgan fingerprint density at radius 1 is 1.23 bits per heavy atom. The first-order valence-electron chi connectivity index (χ1n) is 9.44. The van der Waals surface area contributed by atoms with Gasteiger partial charge in [-0.15, -0.1) is 22.7 Å². The van der Waals surface area contributed by atoms with Crippen LogP contribution >= 0.6 is 22.7 Å². The first-order chi connectivity index (χ1) is 15.1. The molecule has 4 rings (SSSR count). The molecule has 0 spiro atoms. The minimum atomic E-state index is -0.326. The Hall–Kier alpha value is -3.37. The monoisotopic (exact) mass is 453 g/mol. The summed E-state index contributed by atoms with van der Waals surface area (Å²) in [5.41, 5.74) is 1.64. The summed E-state index contributed by atoms with van der Waals surface area (Å²) in [5, 5.41) is 10.2. The summed E-state index contributed by atoms with van der Waals surface area (Å²) in [5.74, 6) is -0.0763. The molecule has 0 saturated carbocycles. The molecule has 0 fully saturated rings. The molecule has 0 aliphatic rings. The number of thiophene rings is 1. The van der Waals surface area contributed by atoms with Crippen LogP contribution in [0.1, 0.15) is 16.1 Å². The minimum Gasteiger partial charge on any atom is -0.480 e. The number of amides is 1. The average molecular weight is 454 g/mol. The third-order valence-corrected chi connectivity index (χ3v) is 6.67. The SMILES string of the molecule is COc1ncccc1C(=O)NCCn1nc(-c2sc(-c3cccs3)nc2C)ccc1=O. The summed E-state index contributed by atoms with van der Waals surface area (Å²) in [6, 6.07) is 10.5. The number of ether oxygens (including phenoxy) is 1. The van der Waals surface area contributed by atoms with Gasteiger partial charge in [-0.25, -0.2) is 14.6 Å². The van der Waals surface area contributed by atoms with E-state index in [0.717, 1.165) is 20.5 Å². The quantitative estimate of drug-likeness (QED) is 0.461. The molecule has 10 heteroatoms. The number of methoxy groups -OCH3 is 1. The van der Waals surface area contributed by atoms with Crippen LogP contribution in [0.15, 0.2) is 52.8 Å². The van der Waals surface area contributed by atoms with Crippen molar-refractivity contribution in [2.75, 3.05) is 13.7 Å².